The SMILES string of the molecule is NS(=O)(=O)c1cc(Br)cc(C(=O)NCC2CCC2)c1. The number of carbonyl (C=O) groups excluding carboxylic acids is 1. The van der Waals surface area contributed by atoms with Crippen LogP contribution >= 0.6 is 15.9 Å². The molecule has 1 saturated carbocycles. The van der Waals surface area contributed by atoms with Crippen LogP contribution in [-0.2, 0) is 10.0 Å². The first-order chi connectivity index (χ1) is 8.86. The maximum absolute atomic E-state index is 12.0. The second-order valence-electron chi connectivity index (χ2n) is 4.73. The number of hydrogen-bond acceptors (Lipinski definition) is 3. The quantitative estimate of drug-likeness (QED) is 0.867. The van der Waals surface area contributed by atoms with E-state index in [4.69, 9.17) is 5.14 Å². The number of halogens is 1. The minimum Gasteiger partial charge on any atom is -0.352 e. The van der Waals surface area contributed by atoms with Crippen LogP contribution in [-0.4, -0.2) is 20.9 Å². The average Bonchev–Trinajstić information content (AvgIpc) is 2.24. The molecule has 0 unspecified atom stereocenters. The minimum absolute atomic E-state index is 0.0735. The Kier molecular flexibility index (Phi) is 4.27. The largest absolute Gasteiger partial charge is 0.352 e. The summed E-state index contributed by atoms with van der Waals surface area (Å²) in [6.07, 6.45) is 3.50. The highest BCUT2D eigenvalue weighted by Crippen LogP contribution is 2.25. The summed E-state index contributed by atoms with van der Waals surface area (Å²) in [6, 6.07) is 4.24. The van der Waals surface area contributed by atoms with Crippen LogP contribution in [0.15, 0.2) is 27.6 Å². The Morgan fingerprint density at radius 3 is 2.58 bits per heavy atom. The van der Waals surface area contributed by atoms with Gasteiger partial charge in [-0.25, -0.2) is 13.6 Å². The van der Waals surface area contributed by atoms with Gasteiger partial charge >= 0.3 is 0 Å². The molecule has 104 valence electrons. The van der Waals surface area contributed by atoms with Gasteiger partial charge < -0.3 is 5.32 Å². The second kappa shape index (κ2) is 5.60. The Morgan fingerprint density at radius 1 is 1.37 bits per heavy atom. The highest BCUT2D eigenvalue weighted by molar-refractivity contribution is 9.10. The number of hydrogen-bond donors (Lipinski definition) is 2. The Hall–Kier alpha value is -0.920. The summed E-state index contributed by atoms with van der Waals surface area (Å²) in [5.74, 6) is 0.270. The molecule has 0 saturated heterocycles. The van der Waals surface area contributed by atoms with E-state index in [-0.39, 0.29) is 16.4 Å². The van der Waals surface area contributed by atoms with Gasteiger partial charge in [0.25, 0.3) is 5.91 Å². The molecule has 0 aromatic heterocycles. The van der Waals surface area contributed by atoms with E-state index in [9.17, 15) is 13.2 Å². The van der Waals surface area contributed by atoms with E-state index in [2.05, 4.69) is 21.2 Å². The van der Waals surface area contributed by atoms with E-state index >= 15 is 0 Å². The molecule has 5 nitrogen and oxygen atoms in total. The lowest BCUT2D eigenvalue weighted by Gasteiger charge is -2.25. The molecule has 1 aromatic carbocycles. The molecule has 0 spiro atoms. The fraction of sp³-hybridized carbons (Fsp3) is 0.417. The standard InChI is InChI=1S/C12H15BrN2O3S/c13-10-4-9(5-11(6-10)19(14,17)18)12(16)15-7-8-2-1-3-8/h4-6,8H,1-3,7H2,(H,15,16)(H2,14,17,18). The van der Waals surface area contributed by atoms with Crippen LogP contribution in [0.1, 0.15) is 29.6 Å². The maximum Gasteiger partial charge on any atom is 0.251 e. The Labute approximate surface area is 120 Å². The molecule has 0 heterocycles. The third-order valence-electron chi connectivity index (χ3n) is 3.24. The molecule has 0 bridgehead atoms. The first kappa shape index (κ1) is 14.5. The van der Waals surface area contributed by atoms with Crippen LogP contribution in [0, 0.1) is 5.92 Å². The van der Waals surface area contributed by atoms with Gasteiger partial charge in [0, 0.05) is 16.6 Å². The Balaban J connectivity index is 2.14. The van der Waals surface area contributed by atoms with Crippen LogP contribution in [0.5, 0.6) is 0 Å². The van der Waals surface area contributed by atoms with Crippen molar-refractivity contribution in [1.29, 1.82) is 0 Å². The number of primary sulfonamides is 1. The van der Waals surface area contributed by atoms with Gasteiger partial charge in [-0.2, -0.15) is 0 Å². The third-order valence-corrected chi connectivity index (χ3v) is 4.59. The second-order valence-corrected chi connectivity index (χ2v) is 7.20. The minimum atomic E-state index is -3.82. The van der Waals surface area contributed by atoms with Gasteiger partial charge in [0.1, 0.15) is 0 Å². The van der Waals surface area contributed by atoms with Crippen molar-refractivity contribution >= 4 is 31.9 Å². The van der Waals surface area contributed by atoms with Gasteiger partial charge in [-0.3, -0.25) is 4.79 Å². The van der Waals surface area contributed by atoms with Crippen LogP contribution in [0.3, 0.4) is 0 Å². The smallest absolute Gasteiger partial charge is 0.251 e. The predicted molar refractivity (Wildman–Crippen MR) is 75.2 cm³/mol. The van der Waals surface area contributed by atoms with Gasteiger partial charge in [0.2, 0.25) is 10.0 Å². The number of rotatable bonds is 4. The Morgan fingerprint density at radius 2 is 2.05 bits per heavy atom. The van der Waals surface area contributed by atoms with E-state index in [0.29, 0.717) is 16.9 Å². The van der Waals surface area contributed by atoms with Crippen molar-refractivity contribution in [3.63, 3.8) is 0 Å². The number of benzene rings is 1. The molecule has 0 atom stereocenters. The van der Waals surface area contributed by atoms with Crippen LogP contribution < -0.4 is 10.5 Å². The van der Waals surface area contributed by atoms with Crippen molar-refractivity contribution in [2.45, 2.75) is 24.2 Å². The summed E-state index contributed by atoms with van der Waals surface area (Å²) in [6.45, 7) is 0.635. The molecule has 3 N–H and O–H groups in total. The van der Waals surface area contributed by atoms with Gasteiger partial charge in [0.05, 0.1) is 4.90 Å². The van der Waals surface area contributed by atoms with Crippen LogP contribution in [0.4, 0.5) is 0 Å². The van der Waals surface area contributed by atoms with Crippen molar-refractivity contribution in [3.8, 4) is 0 Å². The summed E-state index contributed by atoms with van der Waals surface area (Å²) >= 11 is 3.18. The molecule has 0 radical (unpaired) electrons. The summed E-state index contributed by atoms with van der Waals surface area (Å²) < 4.78 is 23.1. The van der Waals surface area contributed by atoms with E-state index in [1.165, 1.54) is 18.6 Å². The summed E-state index contributed by atoms with van der Waals surface area (Å²) in [4.78, 5) is 11.9. The molecule has 1 aliphatic rings. The first-order valence-electron chi connectivity index (χ1n) is 5.98. The number of amides is 1. The van der Waals surface area contributed by atoms with Gasteiger partial charge in [-0.15, -0.1) is 0 Å². The van der Waals surface area contributed by atoms with Crippen molar-refractivity contribution in [2.75, 3.05) is 6.54 Å². The van der Waals surface area contributed by atoms with Crippen molar-refractivity contribution in [1.82, 2.24) is 5.32 Å². The number of sulfonamides is 1. The molecular weight excluding hydrogens is 332 g/mol. The number of nitrogens with two attached hydrogens (primary N) is 1. The highest BCUT2D eigenvalue weighted by Gasteiger charge is 2.19. The van der Waals surface area contributed by atoms with Crippen LogP contribution in [0.2, 0.25) is 0 Å². The molecule has 2 rings (SSSR count). The van der Waals surface area contributed by atoms with Gasteiger partial charge in [0.15, 0.2) is 0 Å². The van der Waals surface area contributed by atoms with E-state index < -0.39 is 10.0 Å². The zero-order chi connectivity index (χ0) is 14.0. The number of nitrogens with one attached hydrogen (secondary N) is 1. The van der Waals surface area contributed by atoms with Gasteiger partial charge in [-0.1, -0.05) is 22.4 Å². The predicted octanol–water partition coefficient (Wildman–Crippen LogP) is 1.63. The lowest BCUT2D eigenvalue weighted by molar-refractivity contribution is 0.0939. The zero-order valence-corrected chi connectivity index (χ0v) is 12.6. The summed E-state index contributed by atoms with van der Waals surface area (Å²) in [5, 5.41) is 7.88. The zero-order valence-electron chi connectivity index (χ0n) is 10.2. The van der Waals surface area contributed by atoms with Gasteiger partial charge in [-0.05, 0) is 37.0 Å². The fourth-order valence-electron chi connectivity index (χ4n) is 1.89. The normalized spacial score (nSPS) is 15.9. The first-order valence-corrected chi connectivity index (χ1v) is 8.32. The summed E-state index contributed by atoms with van der Waals surface area (Å²) in [7, 11) is -3.82. The van der Waals surface area contributed by atoms with E-state index in [1.54, 1.807) is 6.07 Å². The van der Waals surface area contributed by atoms with E-state index in [0.717, 1.165) is 12.8 Å². The highest BCUT2D eigenvalue weighted by atomic mass is 79.9. The lowest BCUT2D eigenvalue weighted by Crippen LogP contribution is -2.32. The topological polar surface area (TPSA) is 89.3 Å². The molecule has 1 fully saturated rings. The van der Waals surface area contributed by atoms with Crippen molar-refractivity contribution in [2.24, 2.45) is 11.1 Å². The molecule has 7 heteroatoms. The maximum atomic E-state index is 12.0. The van der Waals surface area contributed by atoms with Crippen molar-refractivity contribution < 1.29 is 13.2 Å². The summed E-state index contributed by atoms with van der Waals surface area (Å²) in [5.41, 5.74) is 0.290. The van der Waals surface area contributed by atoms with E-state index in [1.807, 2.05) is 0 Å². The molecular formula is C12H15BrN2O3S. The molecule has 19 heavy (non-hydrogen) atoms. The fourth-order valence-corrected chi connectivity index (χ4v) is 3.12. The molecule has 1 amide bonds. The monoisotopic (exact) mass is 346 g/mol. The lowest BCUT2D eigenvalue weighted by atomic mass is 9.85. The molecule has 1 aromatic rings. The van der Waals surface area contributed by atoms with Crippen molar-refractivity contribution in [3.05, 3.63) is 28.2 Å². The number of carbonyl (C=O) groups is 1. The average molecular weight is 347 g/mol. The van der Waals surface area contributed by atoms with Crippen LogP contribution in [0.25, 0.3) is 0 Å². The third kappa shape index (κ3) is 3.77. The molecule has 1 aliphatic carbocycles. The Bertz CT molecular complexity index is 597. The molecule has 0 aliphatic heterocycles.